The third-order valence-electron chi connectivity index (χ3n) is 5.37. The number of fused-ring (bicyclic) bond motifs is 1. The number of aromatic nitrogens is 1. The average molecular weight is 422 g/mol. The standard InChI is InChI=1S/C23H23N5O.ClH/c24-15-22(19-7-4-10-25-16-19)27-11-13-28(14-12-27)23(29)17-26-21-9-3-6-18-5-1-2-8-20(18)21;/h1-10,16,22,26H,11-14,17H2;1H. The lowest BCUT2D eigenvalue weighted by molar-refractivity contribution is -0.131. The number of benzene rings is 2. The van der Waals surface area contributed by atoms with E-state index in [0.29, 0.717) is 26.2 Å². The molecule has 7 heteroatoms. The zero-order valence-electron chi connectivity index (χ0n) is 16.6. The predicted molar refractivity (Wildman–Crippen MR) is 120 cm³/mol. The normalized spacial score (nSPS) is 15.1. The minimum absolute atomic E-state index is 0. The van der Waals surface area contributed by atoms with Gasteiger partial charge in [0, 0.05) is 55.2 Å². The van der Waals surface area contributed by atoms with Gasteiger partial charge < -0.3 is 10.2 Å². The van der Waals surface area contributed by atoms with E-state index in [1.807, 2.05) is 41.3 Å². The second-order valence-corrected chi connectivity index (χ2v) is 7.12. The van der Waals surface area contributed by atoms with E-state index in [0.717, 1.165) is 22.0 Å². The number of halogens is 1. The van der Waals surface area contributed by atoms with Crippen LogP contribution in [0.25, 0.3) is 10.8 Å². The summed E-state index contributed by atoms with van der Waals surface area (Å²) in [7, 11) is 0. The van der Waals surface area contributed by atoms with Crippen molar-refractivity contribution in [2.24, 2.45) is 0 Å². The van der Waals surface area contributed by atoms with E-state index in [2.05, 4.69) is 39.5 Å². The van der Waals surface area contributed by atoms with Crippen LogP contribution in [0.4, 0.5) is 5.69 Å². The molecule has 2 heterocycles. The molecule has 1 aliphatic rings. The molecule has 0 saturated carbocycles. The van der Waals surface area contributed by atoms with Crippen molar-refractivity contribution in [1.29, 1.82) is 5.26 Å². The second-order valence-electron chi connectivity index (χ2n) is 7.12. The van der Waals surface area contributed by atoms with Gasteiger partial charge in [-0.25, -0.2) is 0 Å². The largest absolute Gasteiger partial charge is 0.376 e. The molecule has 1 amide bonds. The van der Waals surface area contributed by atoms with Crippen molar-refractivity contribution < 1.29 is 4.79 Å². The van der Waals surface area contributed by atoms with Gasteiger partial charge in [-0.05, 0) is 17.5 Å². The number of nitrogens with one attached hydrogen (secondary N) is 1. The number of rotatable bonds is 5. The van der Waals surface area contributed by atoms with Crippen molar-refractivity contribution in [3.63, 3.8) is 0 Å². The highest BCUT2D eigenvalue weighted by Gasteiger charge is 2.27. The van der Waals surface area contributed by atoms with E-state index in [9.17, 15) is 10.1 Å². The Balaban J connectivity index is 0.00000256. The molecule has 1 unspecified atom stereocenters. The molecule has 3 aromatic rings. The Morgan fingerprint density at radius 2 is 1.83 bits per heavy atom. The summed E-state index contributed by atoms with van der Waals surface area (Å²) in [6.45, 7) is 2.85. The van der Waals surface area contributed by atoms with E-state index >= 15 is 0 Å². The number of piperazine rings is 1. The Hall–Kier alpha value is -3.14. The van der Waals surface area contributed by atoms with Crippen LogP contribution in [-0.2, 0) is 4.79 Å². The molecule has 6 nitrogen and oxygen atoms in total. The number of anilines is 1. The molecular formula is C23H24ClN5O. The van der Waals surface area contributed by atoms with Crippen molar-refractivity contribution in [1.82, 2.24) is 14.8 Å². The van der Waals surface area contributed by atoms with Crippen LogP contribution >= 0.6 is 12.4 Å². The summed E-state index contributed by atoms with van der Waals surface area (Å²) in [5.74, 6) is 0.0764. The van der Waals surface area contributed by atoms with Gasteiger partial charge in [0.1, 0.15) is 6.04 Å². The highest BCUT2D eigenvalue weighted by atomic mass is 35.5. The number of nitrogens with zero attached hydrogens (tertiary/aromatic N) is 4. The van der Waals surface area contributed by atoms with Crippen molar-refractivity contribution in [2.75, 3.05) is 38.0 Å². The van der Waals surface area contributed by atoms with E-state index in [-0.39, 0.29) is 30.9 Å². The van der Waals surface area contributed by atoms with Crippen LogP contribution in [0.15, 0.2) is 67.0 Å². The second kappa shape index (κ2) is 10.1. The maximum Gasteiger partial charge on any atom is 0.241 e. The molecule has 1 fully saturated rings. The molecule has 1 atom stereocenters. The number of hydrogen-bond donors (Lipinski definition) is 1. The molecule has 1 saturated heterocycles. The number of carbonyl (C=O) groups is 1. The minimum atomic E-state index is -0.324. The van der Waals surface area contributed by atoms with Crippen LogP contribution in [0.5, 0.6) is 0 Å². The number of nitriles is 1. The fourth-order valence-corrected chi connectivity index (χ4v) is 3.80. The van der Waals surface area contributed by atoms with Crippen LogP contribution in [0.2, 0.25) is 0 Å². The van der Waals surface area contributed by atoms with Crippen LogP contribution in [0.3, 0.4) is 0 Å². The molecule has 30 heavy (non-hydrogen) atoms. The monoisotopic (exact) mass is 421 g/mol. The lowest BCUT2D eigenvalue weighted by atomic mass is 10.1. The van der Waals surface area contributed by atoms with Gasteiger partial charge in [0.05, 0.1) is 12.6 Å². The molecule has 1 aliphatic heterocycles. The van der Waals surface area contributed by atoms with E-state index in [1.54, 1.807) is 12.4 Å². The molecule has 154 valence electrons. The Morgan fingerprint density at radius 3 is 2.57 bits per heavy atom. The third kappa shape index (κ3) is 4.70. The Labute approximate surface area is 182 Å². The SMILES string of the molecule is Cl.N#CC(c1cccnc1)N1CCN(C(=O)CNc2cccc3ccccc23)CC1. The van der Waals surface area contributed by atoms with E-state index in [1.165, 1.54) is 0 Å². The first-order valence-electron chi connectivity index (χ1n) is 9.79. The summed E-state index contributed by atoms with van der Waals surface area (Å²) in [5, 5.41) is 15.1. The number of pyridine rings is 1. The molecule has 4 rings (SSSR count). The zero-order valence-corrected chi connectivity index (χ0v) is 17.4. The molecule has 0 aliphatic carbocycles. The Kier molecular flexibility index (Phi) is 7.23. The van der Waals surface area contributed by atoms with Crippen molar-refractivity contribution >= 4 is 34.8 Å². The first-order valence-corrected chi connectivity index (χ1v) is 9.79. The number of carbonyl (C=O) groups excluding carboxylic acids is 1. The van der Waals surface area contributed by atoms with Crippen molar-refractivity contribution in [3.8, 4) is 6.07 Å². The summed E-state index contributed by atoms with van der Waals surface area (Å²) < 4.78 is 0. The fourth-order valence-electron chi connectivity index (χ4n) is 3.80. The van der Waals surface area contributed by atoms with Gasteiger partial charge in [-0.2, -0.15) is 5.26 Å². The number of hydrogen-bond acceptors (Lipinski definition) is 5. The molecule has 1 aromatic heterocycles. The highest BCUT2D eigenvalue weighted by molar-refractivity contribution is 5.95. The lowest BCUT2D eigenvalue weighted by Gasteiger charge is -2.37. The van der Waals surface area contributed by atoms with Gasteiger partial charge in [0.15, 0.2) is 0 Å². The average Bonchev–Trinajstić information content (AvgIpc) is 2.79. The van der Waals surface area contributed by atoms with Gasteiger partial charge in [0.25, 0.3) is 0 Å². The van der Waals surface area contributed by atoms with E-state index < -0.39 is 0 Å². The first-order chi connectivity index (χ1) is 14.3. The summed E-state index contributed by atoms with van der Waals surface area (Å²) in [6, 6.07) is 20.0. The van der Waals surface area contributed by atoms with Crippen molar-refractivity contribution in [2.45, 2.75) is 6.04 Å². The minimum Gasteiger partial charge on any atom is -0.376 e. The van der Waals surface area contributed by atoms with E-state index in [4.69, 9.17) is 0 Å². The summed E-state index contributed by atoms with van der Waals surface area (Å²) in [6.07, 6.45) is 3.44. The van der Waals surface area contributed by atoms with Crippen molar-refractivity contribution in [3.05, 3.63) is 72.6 Å². The van der Waals surface area contributed by atoms with Gasteiger partial charge in [-0.1, -0.05) is 42.5 Å². The quantitative estimate of drug-likeness (QED) is 0.682. The van der Waals surface area contributed by atoms with Gasteiger partial charge in [-0.15, -0.1) is 12.4 Å². The summed E-state index contributed by atoms with van der Waals surface area (Å²) in [5.41, 5.74) is 1.86. The molecule has 2 aromatic carbocycles. The van der Waals surface area contributed by atoms with Gasteiger partial charge in [0.2, 0.25) is 5.91 Å². The van der Waals surface area contributed by atoms with Crippen LogP contribution in [0, 0.1) is 11.3 Å². The van der Waals surface area contributed by atoms with Gasteiger partial charge in [-0.3, -0.25) is 14.7 Å². The van der Waals surface area contributed by atoms with Crippen LogP contribution in [0.1, 0.15) is 11.6 Å². The molecular weight excluding hydrogens is 398 g/mol. The predicted octanol–water partition coefficient (Wildman–Crippen LogP) is 3.48. The molecule has 0 radical (unpaired) electrons. The summed E-state index contributed by atoms with van der Waals surface area (Å²) in [4.78, 5) is 20.8. The Bertz CT molecular complexity index is 1020. The maximum absolute atomic E-state index is 12.7. The highest BCUT2D eigenvalue weighted by Crippen LogP contribution is 2.23. The van der Waals surface area contributed by atoms with Crippen LogP contribution < -0.4 is 5.32 Å². The number of amides is 1. The molecule has 0 spiro atoms. The van der Waals surface area contributed by atoms with Crippen LogP contribution in [-0.4, -0.2) is 53.4 Å². The molecule has 0 bridgehead atoms. The third-order valence-corrected chi connectivity index (χ3v) is 5.37. The first kappa shape index (κ1) is 21.6. The smallest absolute Gasteiger partial charge is 0.241 e. The fraction of sp³-hybridized carbons (Fsp3) is 0.261. The maximum atomic E-state index is 12.7. The van der Waals surface area contributed by atoms with Gasteiger partial charge >= 0.3 is 0 Å². The zero-order chi connectivity index (χ0) is 20.1. The Morgan fingerprint density at radius 1 is 1.07 bits per heavy atom. The topological polar surface area (TPSA) is 72.3 Å². The summed E-state index contributed by atoms with van der Waals surface area (Å²) >= 11 is 0. The molecule has 1 N–H and O–H groups in total. The lowest BCUT2D eigenvalue weighted by Crippen LogP contribution is -2.50.